The molecule has 0 aliphatic carbocycles. The van der Waals surface area contributed by atoms with Gasteiger partial charge in [-0.1, -0.05) is 11.6 Å². The van der Waals surface area contributed by atoms with Crippen LogP contribution in [-0.4, -0.2) is 48.2 Å². The van der Waals surface area contributed by atoms with Gasteiger partial charge in [0.25, 0.3) is 5.91 Å². The minimum Gasteiger partial charge on any atom is -0.493 e. The second kappa shape index (κ2) is 11.4. The molecule has 2 aromatic carbocycles. The van der Waals surface area contributed by atoms with Crippen molar-refractivity contribution in [3.05, 3.63) is 76.2 Å². The zero-order chi connectivity index (χ0) is 28.3. The monoisotopic (exact) mass is 554 g/mol. The Labute approximate surface area is 220 Å². The molecule has 2 N–H and O–H groups in total. The first-order valence-electron chi connectivity index (χ1n) is 11.1. The first kappa shape index (κ1) is 28.9. The predicted molar refractivity (Wildman–Crippen MR) is 131 cm³/mol. The van der Waals surface area contributed by atoms with Crippen LogP contribution >= 0.6 is 11.6 Å². The SMILES string of the molecule is COc1cc(C(=O)NCC(O)(c2ccc(C=O)c(-c3ccc(F)c(Cl)c3)n2)C(F)(F)F)ccc1OC(C)C. The van der Waals surface area contributed by atoms with Gasteiger partial charge in [-0.25, -0.2) is 9.37 Å². The lowest BCUT2D eigenvalue weighted by molar-refractivity contribution is -0.265. The summed E-state index contributed by atoms with van der Waals surface area (Å²) in [7, 11) is 1.34. The van der Waals surface area contributed by atoms with Gasteiger partial charge in [-0.05, 0) is 62.4 Å². The van der Waals surface area contributed by atoms with Crippen molar-refractivity contribution in [2.45, 2.75) is 31.7 Å². The van der Waals surface area contributed by atoms with Crippen molar-refractivity contribution in [1.82, 2.24) is 10.3 Å². The standard InChI is InChI=1S/C26H23ClF4N2O5/c1-14(2)38-20-8-5-16(11-21(20)37-3)24(35)32-13-25(36,26(29,30)31)22-9-6-17(12-34)23(33-22)15-4-7-19(28)18(27)10-15/h4-12,14,36H,13H2,1-3H3,(H,32,35). The lowest BCUT2D eigenvalue weighted by Crippen LogP contribution is -2.51. The molecule has 1 unspecified atom stereocenters. The van der Waals surface area contributed by atoms with Crippen LogP contribution in [0.1, 0.15) is 40.3 Å². The van der Waals surface area contributed by atoms with E-state index in [4.69, 9.17) is 21.1 Å². The first-order valence-corrected chi connectivity index (χ1v) is 11.5. The van der Waals surface area contributed by atoms with Crippen molar-refractivity contribution in [3.63, 3.8) is 0 Å². The highest BCUT2D eigenvalue weighted by atomic mass is 35.5. The van der Waals surface area contributed by atoms with E-state index in [-0.39, 0.29) is 39.3 Å². The van der Waals surface area contributed by atoms with E-state index in [0.29, 0.717) is 12.0 Å². The molecule has 0 fully saturated rings. The molecule has 0 bridgehead atoms. The number of benzene rings is 2. The Morgan fingerprint density at radius 2 is 1.84 bits per heavy atom. The van der Waals surface area contributed by atoms with Crippen molar-refractivity contribution < 1.29 is 41.7 Å². The number of aromatic nitrogens is 1. The zero-order valence-corrected chi connectivity index (χ0v) is 21.2. The number of hydrogen-bond donors (Lipinski definition) is 2. The lowest BCUT2D eigenvalue weighted by atomic mass is 9.95. The summed E-state index contributed by atoms with van der Waals surface area (Å²) in [6.07, 6.45) is -5.14. The Bertz CT molecular complexity index is 1350. The number of ether oxygens (including phenoxy) is 2. The average molecular weight is 555 g/mol. The summed E-state index contributed by atoms with van der Waals surface area (Å²) in [6, 6.07) is 9.12. The summed E-state index contributed by atoms with van der Waals surface area (Å²) in [5, 5.41) is 12.5. The van der Waals surface area contributed by atoms with Crippen LogP contribution in [0.3, 0.4) is 0 Å². The molecule has 3 aromatic rings. The Balaban J connectivity index is 1.96. The average Bonchev–Trinajstić information content (AvgIpc) is 2.87. The fourth-order valence-corrected chi connectivity index (χ4v) is 3.66. The van der Waals surface area contributed by atoms with E-state index < -0.39 is 35.7 Å². The highest BCUT2D eigenvalue weighted by molar-refractivity contribution is 6.31. The topological polar surface area (TPSA) is 97.8 Å². The van der Waals surface area contributed by atoms with Gasteiger partial charge in [-0.15, -0.1) is 0 Å². The number of methoxy groups -OCH3 is 1. The number of halogens is 5. The molecule has 7 nitrogen and oxygen atoms in total. The lowest BCUT2D eigenvalue weighted by Gasteiger charge is -2.30. The van der Waals surface area contributed by atoms with Crippen LogP contribution in [-0.2, 0) is 5.60 Å². The molecule has 0 aliphatic heterocycles. The number of aliphatic hydroxyl groups is 1. The quantitative estimate of drug-likeness (QED) is 0.274. The van der Waals surface area contributed by atoms with Crippen LogP contribution in [0.25, 0.3) is 11.3 Å². The number of alkyl halides is 3. The molecule has 0 radical (unpaired) electrons. The summed E-state index contributed by atoms with van der Waals surface area (Å²) in [5.41, 5.74) is -4.93. The number of nitrogens with one attached hydrogen (secondary N) is 1. The van der Waals surface area contributed by atoms with Crippen LogP contribution < -0.4 is 14.8 Å². The van der Waals surface area contributed by atoms with E-state index in [2.05, 4.69) is 10.3 Å². The minimum absolute atomic E-state index is 0.0460. The van der Waals surface area contributed by atoms with E-state index >= 15 is 0 Å². The highest BCUT2D eigenvalue weighted by Crippen LogP contribution is 2.39. The third kappa shape index (κ3) is 6.05. The van der Waals surface area contributed by atoms with Crippen molar-refractivity contribution in [3.8, 4) is 22.8 Å². The van der Waals surface area contributed by atoms with Crippen molar-refractivity contribution in [2.24, 2.45) is 0 Å². The number of aldehydes is 1. The summed E-state index contributed by atoms with van der Waals surface area (Å²) in [5.74, 6) is -1.20. The molecule has 1 amide bonds. The normalized spacial score (nSPS) is 13.1. The van der Waals surface area contributed by atoms with Crippen LogP contribution in [0, 0.1) is 5.82 Å². The summed E-state index contributed by atoms with van der Waals surface area (Å²) in [4.78, 5) is 28.1. The Hall–Kier alpha value is -3.70. The van der Waals surface area contributed by atoms with Crippen LogP contribution in [0.4, 0.5) is 17.6 Å². The molecule has 3 rings (SSSR count). The molecule has 0 saturated heterocycles. The molecule has 1 heterocycles. The van der Waals surface area contributed by atoms with Crippen LogP contribution in [0.5, 0.6) is 11.5 Å². The number of carbonyl (C=O) groups excluding carboxylic acids is 2. The maximum atomic E-state index is 14.2. The maximum Gasteiger partial charge on any atom is 0.424 e. The number of nitrogens with zero attached hydrogens (tertiary/aromatic N) is 1. The largest absolute Gasteiger partial charge is 0.493 e. The van der Waals surface area contributed by atoms with Crippen molar-refractivity contribution >= 4 is 23.8 Å². The number of pyridine rings is 1. The third-order valence-electron chi connectivity index (χ3n) is 5.43. The number of rotatable bonds is 9. The number of carbonyl (C=O) groups is 2. The highest BCUT2D eigenvalue weighted by Gasteiger charge is 2.56. The van der Waals surface area contributed by atoms with Gasteiger partial charge >= 0.3 is 6.18 Å². The van der Waals surface area contributed by atoms with Gasteiger partial charge in [0, 0.05) is 16.7 Å². The molecule has 0 aliphatic rings. The van der Waals surface area contributed by atoms with Crippen LogP contribution in [0.15, 0.2) is 48.5 Å². The fraction of sp³-hybridized carbons (Fsp3) is 0.269. The van der Waals surface area contributed by atoms with E-state index in [1.54, 1.807) is 13.8 Å². The van der Waals surface area contributed by atoms with Gasteiger partial charge in [0.2, 0.25) is 5.60 Å². The van der Waals surface area contributed by atoms with E-state index in [9.17, 15) is 32.3 Å². The molecule has 0 spiro atoms. The zero-order valence-electron chi connectivity index (χ0n) is 20.4. The molecule has 1 atom stereocenters. The van der Waals surface area contributed by atoms with Gasteiger partial charge in [-0.2, -0.15) is 13.2 Å². The molecule has 1 aromatic heterocycles. The van der Waals surface area contributed by atoms with Crippen molar-refractivity contribution in [1.29, 1.82) is 0 Å². The molecule has 12 heteroatoms. The van der Waals surface area contributed by atoms with Gasteiger partial charge in [0.15, 0.2) is 17.8 Å². The third-order valence-corrected chi connectivity index (χ3v) is 5.72. The molecule has 202 valence electrons. The van der Waals surface area contributed by atoms with Gasteiger partial charge in [0.1, 0.15) is 5.82 Å². The second-order valence-corrected chi connectivity index (χ2v) is 8.86. The maximum absolute atomic E-state index is 14.2. The Morgan fingerprint density at radius 3 is 2.42 bits per heavy atom. The molecule has 38 heavy (non-hydrogen) atoms. The Kier molecular flexibility index (Phi) is 8.63. The predicted octanol–water partition coefficient (Wildman–Crippen LogP) is 5.33. The summed E-state index contributed by atoms with van der Waals surface area (Å²) >= 11 is 5.78. The molecule has 0 saturated carbocycles. The second-order valence-electron chi connectivity index (χ2n) is 8.45. The summed E-state index contributed by atoms with van der Waals surface area (Å²) < 4.78 is 66.8. The van der Waals surface area contributed by atoms with E-state index in [0.717, 1.165) is 24.3 Å². The Morgan fingerprint density at radius 1 is 1.13 bits per heavy atom. The minimum atomic E-state index is -5.29. The van der Waals surface area contributed by atoms with Crippen LogP contribution in [0.2, 0.25) is 5.02 Å². The fourth-order valence-electron chi connectivity index (χ4n) is 3.48. The van der Waals surface area contributed by atoms with E-state index in [1.807, 2.05) is 0 Å². The number of hydrogen-bond acceptors (Lipinski definition) is 6. The van der Waals surface area contributed by atoms with Crippen molar-refractivity contribution in [2.75, 3.05) is 13.7 Å². The summed E-state index contributed by atoms with van der Waals surface area (Å²) in [6.45, 7) is 2.26. The molecular formula is C26H23ClF4N2O5. The smallest absolute Gasteiger partial charge is 0.424 e. The van der Waals surface area contributed by atoms with Gasteiger partial charge in [0.05, 0.1) is 36.2 Å². The van der Waals surface area contributed by atoms with E-state index in [1.165, 1.54) is 31.4 Å². The van der Waals surface area contributed by atoms with Gasteiger partial charge in [-0.3, -0.25) is 9.59 Å². The molecular weight excluding hydrogens is 532 g/mol. The number of amides is 1. The first-order chi connectivity index (χ1) is 17.8. The van der Waals surface area contributed by atoms with Gasteiger partial charge < -0.3 is 19.9 Å².